The van der Waals surface area contributed by atoms with Gasteiger partial charge < -0.3 is 5.11 Å². The van der Waals surface area contributed by atoms with Crippen molar-refractivity contribution in [3.63, 3.8) is 0 Å². The van der Waals surface area contributed by atoms with Crippen LogP contribution in [0, 0.1) is 5.92 Å². The lowest BCUT2D eigenvalue weighted by molar-refractivity contribution is 0.0857. The van der Waals surface area contributed by atoms with E-state index in [1.54, 1.807) is 26.0 Å². The molecule has 1 aromatic carbocycles. The highest BCUT2D eigenvalue weighted by Crippen LogP contribution is 2.14. The fraction of sp³-hybridized carbons (Fsp3) is 0.571. The zero-order chi connectivity index (χ0) is 14.7. The molecule has 1 aromatic rings. The molecule has 0 unspecified atom stereocenters. The minimum atomic E-state index is -3.55. The molecule has 0 heterocycles. The Kier molecular flexibility index (Phi) is 5.12. The minimum Gasteiger partial charge on any atom is -0.389 e. The van der Waals surface area contributed by atoms with Crippen LogP contribution in [0.1, 0.15) is 33.3 Å². The van der Waals surface area contributed by atoms with E-state index in [0.717, 1.165) is 12.0 Å². The van der Waals surface area contributed by atoms with Gasteiger partial charge in [0.05, 0.1) is 10.5 Å². The van der Waals surface area contributed by atoms with Gasteiger partial charge >= 0.3 is 0 Å². The Morgan fingerprint density at radius 2 is 1.74 bits per heavy atom. The topological polar surface area (TPSA) is 66.4 Å². The van der Waals surface area contributed by atoms with Crippen LogP contribution in [0.25, 0.3) is 0 Å². The van der Waals surface area contributed by atoms with Gasteiger partial charge in [-0.1, -0.05) is 26.0 Å². The predicted molar refractivity (Wildman–Crippen MR) is 76.5 cm³/mol. The molecule has 0 amide bonds. The van der Waals surface area contributed by atoms with Crippen molar-refractivity contribution in [1.82, 2.24) is 4.72 Å². The lowest BCUT2D eigenvalue weighted by atomic mass is 10.0. The van der Waals surface area contributed by atoms with Crippen molar-refractivity contribution in [3.05, 3.63) is 29.8 Å². The third-order valence-corrected chi connectivity index (χ3v) is 3.99. The number of hydrogen-bond donors (Lipinski definition) is 2. The molecule has 1 rings (SSSR count). The SMILES string of the molecule is CC(C)Cc1ccc(S(=O)(=O)NCC(C)(C)O)cc1. The Labute approximate surface area is 115 Å². The summed E-state index contributed by atoms with van der Waals surface area (Å²) < 4.78 is 26.4. The molecular weight excluding hydrogens is 262 g/mol. The van der Waals surface area contributed by atoms with Crippen LogP contribution in [0.4, 0.5) is 0 Å². The Morgan fingerprint density at radius 1 is 1.21 bits per heavy atom. The second-order valence-corrected chi connectivity index (χ2v) is 7.65. The van der Waals surface area contributed by atoms with E-state index in [1.165, 1.54) is 0 Å². The number of aliphatic hydroxyl groups is 1. The van der Waals surface area contributed by atoms with Gasteiger partial charge in [-0.05, 0) is 43.9 Å². The van der Waals surface area contributed by atoms with Gasteiger partial charge in [0.2, 0.25) is 10.0 Å². The first-order valence-corrected chi connectivity index (χ1v) is 7.89. The van der Waals surface area contributed by atoms with E-state index >= 15 is 0 Å². The molecule has 0 aliphatic rings. The fourth-order valence-corrected chi connectivity index (χ4v) is 2.84. The zero-order valence-electron chi connectivity index (χ0n) is 12.0. The average molecular weight is 285 g/mol. The van der Waals surface area contributed by atoms with Gasteiger partial charge in [-0.3, -0.25) is 0 Å². The van der Waals surface area contributed by atoms with Crippen molar-refractivity contribution < 1.29 is 13.5 Å². The molecule has 0 atom stereocenters. The first kappa shape index (κ1) is 16.1. The number of benzene rings is 1. The minimum absolute atomic E-state index is 0.0108. The van der Waals surface area contributed by atoms with Gasteiger partial charge in [-0.15, -0.1) is 0 Å². The van der Waals surface area contributed by atoms with E-state index < -0.39 is 15.6 Å². The summed E-state index contributed by atoms with van der Waals surface area (Å²) in [6, 6.07) is 6.87. The lowest BCUT2D eigenvalue weighted by Gasteiger charge is -2.17. The first-order chi connectivity index (χ1) is 8.60. The van der Waals surface area contributed by atoms with Crippen LogP contribution in [-0.2, 0) is 16.4 Å². The zero-order valence-corrected chi connectivity index (χ0v) is 12.8. The van der Waals surface area contributed by atoms with Gasteiger partial charge in [0.15, 0.2) is 0 Å². The normalized spacial score (nSPS) is 12.9. The third kappa shape index (κ3) is 5.72. The molecule has 0 spiro atoms. The molecular formula is C14H23NO3S. The van der Waals surface area contributed by atoms with Crippen molar-refractivity contribution in [2.24, 2.45) is 5.92 Å². The summed E-state index contributed by atoms with van der Waals surface area (Å²) in [5.41, 5.74) is 0.0569. The van der Waals surface area contributed by atoms with Gasteiger partial charge in [-0.2, -0.15) is 0 Å². The summed E-state index contributed by atoms with van der Waals surface area (Å²) in [7, 11) is -3.55. The second-order valence-electron chi connectivity index (χ2n) is 5.88. The van der Waals surface area contributed by atoms with Crippen LogP contribution in [0.15, 0.2) is 29.2 Å². The number of hydrogen-bond acceptors (Lipinski definition) is 3. The quantitative estimate of drug-likeness (QED) is 0.839. The highest BCUT2D eigenvalue weighted by Gasteiger charge is 2.19. The average Bonchev–Trinajstić information content (AvgIpc) is 2.26. The summed E-state index contributed by atoms with van der Waals surface area (Å²) in [6.45, 7) is 7.34. The lowest BCUT2D eigenvalue weighted by Crippen LogP contribution is -2.38. The molecule has 0 saturated heterocycles. The van der Waals surface area contributed by atoms with Gasteiger partial charge in [0.1, 0.15) is 0 Å². The van der Waals surface area contributed by atoms with Crippen LogP contribution >= 0.6 is 0 Å². The van der Waals surface area contributed by atoms with Crippen LogP contribution < -0.4 is 4.72 Å². The fourth-order valence-electron chi connectivity index (χ4n) is 1.63. The van der Waals surface area contributed by atoms with E-state index in [4.69, 9.17) is 0 Å². The first-order valence-electron chi connectivity index (χ1n) is 6.41. The number of rotatable bonds is 6. The summed E-state index contributed by atoms with van der Waals surface area (Å²) in [5, 5.41) is 9.54. The molecule has 0 bridgehead atoms. The van der Waals surface area contributed by atoms with Crippen LogP contribution in [-0.4, -0.2) is 25.7 Å². The molecule has 19 heavy (non-hydrogen) atoms. The Hall–Kier alpha value is -0.910. The summed E-state index contributed by atoms with van der Waals surface area (Å²) in [6.07, 6.45) is 0.928. The molecule has 5 heteroatoms. The van der Waals surface area contributed by atoms with Crippen LogP contribution in [0.3, 0.4) is 0 Å². The maximum atomic E-state index is 12.0. The van der Waals surface area contributed by atoms with Crippen molar-refractivity contribution in [2.45, 2.75) is 44.6 Å². The number of nitrogens with one attached hydrogen (secondary N) is 1. The van der Waals surface area contributed by atoms with E-state index in [-0.39, 0.29) is 11.4 Å². The van der Waals surface area contributed by atoms with Crippen molar-refractivity contribution in [1.29, 1.82) is 0 Å². The molecule has 0 aliphatic carbocycles. The van der Waals surface area contributed by atoms with E-state index in [1.807, 2.05) is 12.1 Å². The second kappa shape index (κ2) is 6.03. The molecule has 0 radical (unpaired) electrons. The standard InChI is InChI=1S/C14H23NO3S/c1-11(2)9-12-5-7-13(8-6-12)19(17,18)15-10-14(3,4)16/h5-8,11,15-16H,9-10H2,1-4H3. The summed E-state index contributed by atoms with van der Waals surface area (Å²) in [4.78, 5) is 0.226. The summed E-state index contributed by atoms with van der Waals surface area (Å²) >= 11 is 0. The van der Waals surface area contributed by atoms with Crippen molar-refractivity contribution in [3.8, 4) is 0 Å². The highest BCUT2D eigenvalue weighted by atomic mass is 32.2. The van der Waals surface area contributed by atoms with Gasteiger partial charge in [0.25, 0.3) is 0 Å². The van der Waals surface area contributed by atoms with Gasteiger partial charge in [-0.25, -0.2) is 13.1 Å². The molecule has 0 aromatic heterocycles. The van der Waals surface area contributed by atoms with Crippen molar-refractivity contribution >= 4 is 10.0 Å². The summed E-state index contributed by atoms with van der Waals surface area (Å²) in [5.74, 6) is 0.538. The molecule has 4 nitrogen and oxygen atoms in total. The molecule has 0 aliphatic heterocycles. The number of sulfonamides is 1. The maximum absolute atomic E-state index is 12.0. The molecule has 0 saturated carbocycles. The van der Waals surface area contributed by atoms with E-state index in [2.05, 4.69) is 18.6 Å². The monoisotopic (exact) mass is 285 g/mol. The largest absolute Gasteiger partial charge is 0.389 e. The predicted octanol–water partition coefficient (Wildman–Crippen LogP) is 1.93. The third-order valence-electron chi connectivity index (χ3n) is 2.57. The van der Waals surface area contributed by atoms with Crippen LogP contribution in [0.5, 0.6) is 0 Å². The maximum Gasteiger partial charge on any atom is 0.240 e. The Balaban J connectivity index is 2.79. The smallest absolute Gasteiger partial charge is 0.240 e. The van der Waals surface area contributed by atoms with Crippen molar-refractivity contribution in [2.75, 3.05) is 6.54 Å². The Bertz CT molecular complexity index is 498. The highest BCUT2D eigenvalue weighted by molar-refractivity contribution is 7.89. The van der Waals surface area contributed by atoms with Gasteiger partial charge in [0, 0.05) is 6.54 Å². The Morgan fingerprint density at radius 3 is 2.16 bits per heavy atom. The van der Waals surface area contributed by atoms with Crippen LogP contribution in [0.2, 0.25) is 0 Å². The molecule has 108 valence electrons. The van der Waals surface area contributed by atoms with E-state index in [9.17, 15) is 13.5 Å². The van der Waals surface area contributed by atoms with E-state index in [0.29, 0.717) is 5.92 Å². The molecule has 2 N–H and O–H groups in total. The molecule has 0 fully saturated rings.